The van der Waals surface area contributed by atoms with E-state index in [1.807, 2.05) is 0 Å². The first-order valence-corrected chi connectivity index (χ1v) is 5.53. The first-order valence-electron chi connectivity index (χ1n) is 5.53. The number of benzene rings is 1. The lowest BCUT2D eigenvalue weighted by Crippen LogP contribution is -2.07. The first kappa shape index (κ1) is 13.8. The highest BCUT2D eigenvalue weighted by Crippen LogP contribution is 2.15. The van der Waals surface area contributed by atoms with Gasteiger partial charge in [0.2, 0.25) is 0 Å². The summed E-state index contributed by atoms with van der Waals surface area (Å²) in [4.78, 5) is 22.3. The third-order valence-corrected chi connectivity index (χ3v) is 2.05. The second-order valence-electron chi connectivity index (χ2n) is 3.42. The average molecular weight is 249 g/mol. The zero-order valence-electron chi connectivity index (χ0n) is 10.3. The van der Waals surface area contributed by atoms with Crippen LogP contribution >= 0.6 is 0 Å². The van der Waals surface area contributed by atoms with Crippen molar-refractivity contribution >= 4 is 17.4 Å². The summed E-state index contributed by atoms with van der Waals surface area (Å²) >= 11 is 0. The lowest BCUT2D eigenvalue weighted by atomic mass is 10.1. The summed E-state index contributed by atoms with van der Waals surface area (Å²) < 4.78 is 4.68. The van der Waals surface area contributed by atoms with Gasteiger partial charge in [-0.15, -0.1) is 0 Å². The van der Waals surface area contributed by atoms with Gasteiger partial charge in [-0.05, 0) is 26.0 Å². The first-order chi connectivity index (χ1) is 8.65. The van der Waals surface area contributed by atoms with Gasteiger partial charge in [-0.2, -0.15) is 5.11 Å². The largest absolute Gasteiger partial charge is 0.465 e. The van der Waals surface area contributed by atoms with Gasteiger partial charge in [-0.25, -0.2) is 4.79 Å². The molecule has 0 amide bonds. The molecular formula is C12H15N3O3. The number of anilines is 1. The molecule has 0 saturated heterocycles. The SMILES string of the molecule is CCOC(=O)CN=NNc1ccccc1C(C)=O. The third-order valence-electron chi connectivity index (χ3n) is 2.05. The fourth-order valence-corrected chi connectivity index (χ4v) is 1.28. The molecule has 6 nitrogen and oxygen atoms in total. The van der Waals surface area contributed by atoms with Gasteiger partial charge in [0.05, 0.1) is 12.3 Å². The second-order valence-corrected chi connectivity index (χ2v) is 3.42. The van der Waals surface area contributed by atoms with E-state index in [9.17, 15) is 9.59 Å². The normalized spacial score (nSPS) is 10.3. The molecule has 0 atom stereocenters. The molecule has 1 aromatic rings. The van der Waals surface area contributed by atoms with Gasteiger partial charge in [0.15, 0.2) is 12.3 Å². The molecule has 0 heterocycles. The standard InChI is InChI=1S/C12H15N3O3/c1-3-18-12(17)8-13-15-14-11-7-5-4-6-10(11)9(2)16/h4-7H,3,8H2,1-2H3,(H,13,14). The molecular weight excluding hydrogens is 234 g/mol. The van der Waals surface area contributed by atoms with E-state index in [1.54, 1.807) is 31.2 Å². The maximum atomic E-state index is 11.3. The van der Waals surface area contributed by atoms with E-state index in [0.717, 1.165) is 0 Å². The molecule has 0 spiro atoms. The maximum Gasteiger partial charge on any atom is 0.329 e. The number of carbonyl (C=O) groups excluding carboxylic acids is 2. The van der Waals surface area contributed by atoms with Crippen molar-refractivity contribution < 1.29 is 14.3 Å². The molecule has 1 rings (SSSR count). The van der Waals surface area contributed by atoms with Crippen molar-refractivity contribution in [3.63, 3.8) is 0 Å². The second kappa shape index (κ2) is 7.16. The number of ether oxygens (including phenoxy) is 1. The molecule has 0 unspecified atom stereocenters. The van der Waals surface area contributed by atoms with Crippen LogP contribution in [0.4, 0.5) is 5.69 Å². The number of rotatable bonds is 6. The van der Waals surface area contributed by atoms with Crippen LogP contribution in [0.15, 0.2) is 34.6 Å². The van der Waals surface area contributed by atoms with Crippen LogP contribution in [0.1, 0.15) is 24.2 Å². The van der Waals surface area contributed by atoms with Crippen LogP contribution in [0.3, 0.4) is 0 Å². The predicted molar refractivity (Wildman–Crippen MR) is 66.4 cm³/mol. The van der Waals surface area contributed by atoms with E-state index >= 15 is 0 Å². The Hall–Kier alpha value is -2.24. The molecule has 18 heavy (non-hydrogen) atoms. The molecule has 0 radical (unpaired) electrons. The van der Waals surface area contributed by atoms with E-state index in [1.165, 1.54) is 6.92 Å². The van der Waals surface area contributed by atoms with Gasteiger partial charge in [0, 0.05) is 5.56 Å². The molecule has 1 N–H and O–H groups in total. The molecule has 0 aliphatic heterocycles. The van der Waals surface area contributed by atoms with Gasteiger partial charge >= 0.3 is 5.97 Å². The summed E-state index contributed by atoms with van der Waals surface area (Å²) in [5, 5.41) is 7.24. The summed E-state index contributed by atoms with van der Waals surface area (Å²) in [6.45, 7) is 3.35. The van der Waals surface area contributed by atoms with Crippen LogP contribution in [0.25, 0.3) is 0 Å². The smallest absolute Gasteiger partial charge is 0.329 e. The lowest BCUT2D eigenvalue weighted by Gasteiger charge is -2.04. The molecule has 1 aromatic carbocycles. The highest BCUT2D eigenvalue weighted by Gasteiger charge is 2.05. The Morgan fingerprint density at radius 2 is 2.06 bits per heavy atom. The van der Waals surface area contributed by atoms with Crippen molar-refractivity contribution in [1.29, 1.82) is 0 Å². The number of ketones is 1. The summed E-state index contributed by atoms with van der Waals surface area (Å²) in [5.41, 5.74) is 3.70. The molecule has 6 heteroatoms. The predicted octanol–water partition coefficient (Wildman–Crippen LogP) is 2.23. The van der Waals surface area contributed by atoms with Crippen molar-refractivity contribution in [2.45, 2.75) is 13.8 Å². The maximum absolute atomic E-state index is 11.3. The third kappa shape index (κ3) is 4.32. The quantitative estimate of drug-likeness (QED) is 0.363. The Morgan fingerprint density at radius 1 is 1.33 bits per heavy atom. The molecule has 0 aliphatic rings. The van der Waals surface area contributed by atoms with Crippen LogP contribution < -0.4 is 5.43 Å². The summed E-state index contributed by atoms with van der Waals surface area (Å²) in [6, 6.07) is 6.93. The summed E-state index contributed by atoms with van der Waals surface area (Å²) in [6.07, 6.45) is 0. The van der Waals surface area contributed by atoms with Crippen molar-refractivity contribution in [1.82, 2.24) is 0 Å². The van der Waals surface area contributed by atoms with E-state index < -0.39 is 5.97 Å². The van der Waals surface area contributed by atoms with Gasteiger partial charge in [0.1, 0.15) is 0 Å². The highest BCUT2D eigenvalue weighted by atomic mass is 16.5. The molecule has 0 bridgehead atoms. The van der Waals surface area contributed by atoms with Crippen LogP contribution in [-0.2, 0) is 9.53 Å². The Morgan fingerprint density at radius 3 is 2.72 bits per heavy atom. The molecule has 0 aromatic heterocycles. The van der Waals surface area contributed by atoms with Crippen LogP contribution in [0.2, 0.25) is 0 Å². The molecule has 0 saturated carbocycles. The average Bonchev–Trinajstić information content (AvgIpc) is 2.35. The monoisotopic (exact) mass is 249 g/mol. The number of hydrogen-bond acceptors (Lipinski definition) is 5. The van der Waals surface area contributed by atoms with Crippen molar-refractivity contribution in [3.05, 3.63) is 29.8 Å². The topological polar surface area (TPSA) is 80.1 Å². The van der Waals surface area contributed by atoms with Gasteiger partial charge in [-0.3, -0.25) is 10.2 Å². The Bertz CT molecular complexity index is 458. The van der Waals surface area contributed by atoms with Crippen LogP contribution in [-0.4, -0.2) is 24.9 Å². The van der Waals surface area contributed by atoms with E-state index in [4.69, 9.17) is 0 Å². The minimum Gasteiger partial charge on any atom is -0.465 e. The zero-order chi connectivity index (χ0) is 13.4. The van der Waals surface area contributed by atoms with Gasteiger partial charge in [0.25, 0.3) is 0 Å². The number of para-hydroxylation sites is 1. The molecule has 0 aliphatic carbocycles. The summed E-state index contributed by atoms with van der Waals surface area (Å²) in [7, 11) is 0. The number of carbonyl (C=O) groups is 2. The number of Topliss-reactive ketones (excluding diaryl/α,β-unsaturated/α-hetero) is 1. The van der Waals surface area contributed by atoms with Gasteiger partial charge in [-0.1, -0.05) is 17.4 Å². The van der Waals surface area contributed by atoms with Crippen molar-refractivity contribution in [2.75, 3.05) is 18.6 Å². The fourth-order valence-electron chi connectivity index (χ4n) is 1.28. The van der Waals surface area contributed by atoms with Crippen molar-refractivity contribution in [3.8, 4) is 0 Å². The van der Waals surface area contributed by atoms with E-state index in [0.29, 0.717) is 17.9 Å². The van der Waals surface area contributed by atoms with Crippen LogP contribution in [0.5, 0.6) is 0 Å². The minimum absolute atomic E-state index is 0.0707. The number of hydrogen-bond donors (Lipinski definition) is 1. The highest BCUT2D eigenvalue weighted by molar-refractivity contribution is 5.99. The van der Waals surface area contributed by atoms with Gasteiger partial charge < -0.3 is 4.74 Å². The number of nitrogens with zero attached hydrogens (tertiary/aromatic N) is 2. The fraction of sp³-hybridized carbons (Fsp3) is 0.333. The Labute approximate surface area is 105 Å². The summed E-state index contributed by atoms with van der Waals surface area (Å²) in [5.74, 6) is -0.512. The molecule has 0 fully saturated rings. The van der Waals surface area contributed by atoms with Crippen molar-refractivity contribution in [2.24, 2.45) is 10.3 Å². The Kier molecular flexibility index (Phi) is 5.50. The Balaban J connectivity index is 2.56. The lowest BCUT2D eigenvalue weighted by molar-refractivity contribution is -0.141. The minimum atomic E-state index is -0.442. The van der Waals surface area contributed by atoms with E-state index in [-0.39, 0.29) is 12.3 Å². The number of nitrogens with one attached hydrogen (secondary N) is 1. The zero-order valence-corrected chi connectivity index (χ0v) is 10.3. The number of esters is 1. The van der Waals surface area contributed by atoms with E-state index in [2.05, 4.69) is 20.5 Å². The van der Waals surface area contributed by atoms with Crippen LogP contribution in [0, 0.1) is 0 Å². The molecule has 96 valence electrons.